The molecular formula is C21H29N5O2. The lowest BCUT2D eigenvalue weighted by molar-refractivity contribution is -0.0629. The van der Waals surface area contributed by atoms with Gasteiger partial charge >= 0.3 is 0 Å². The highest BCUT2D eigenvalue weighted by molar-refractivity contribution is 5.93. The molecule has 2 fully saturated rings. The predicted octanol–water partition coefficient (Wildman–Crippen LogP) is 2.10. The standard InChI is InChI=1S/C21H29N5O2/c1-24-16-18(14-23-24)21(27)26-11-6-20(7-12-26)28-19-4-9-25(10-5-19)15-17-3-2-8-22-13-17/h2-3,8,13-14,16,19-20H,4-7,9-12,15H2,1H3. The monoisotopic (exact) mass is 383 g/mol. The zero-order chi connectivity index (χ0) is 19.3. The minimum Gasteiger partial charge on any atom is -0.375 e. The fraction of sp³-hybridized carbons (Fsp3) is 0.571. The predicted molar refractivity (Wildman–Crippen MR) is 106 cm³/mol. The van der Waals surface area contributed by atoms with Crippen LogP contribution in [0.15, 0.2) is 36.9 Å². The lowest BCUT2D eigenvalue weighted by Gasteiger charge is -2.37. The molecule has 0 unspecified atom stereocenters. The number of carbonyl (C=O) groups is 1. The van der Waals surface area contributed by atoms with Crippen LogP contribution in [0, 0.1) is 0 Å². The van der Waals surface area contributed by atoms with Gasteiger partial charge in [-0.25, -0.2) is 0 Å². The number of hydrogen-bond donors (Lipinski definition) is 0. The van der Waals surface area contributed by atoms with Crippen LogP contribution in [-0.4, -0.2) is 68.9 Å². The van der Waals surface area contributed by atoms with E-state index in [0.717, 1.165) is 58.4 Å². The molecule has 0 atom stereocenters. The molecule has 4 heterocycles. The lowest BCUT2D eigenvalue weighted by Crippen LogP contribution is -2.43. The third kappa shape index (κ3) is 4.77. The first-order valence-electron chi connectivity index (χ1n) is 10.2. The third-order valence-electron chi connectivity index (χ3n) is 5.73. The Kier molecular flexibility index (Phi) is 6.02. The van der Waals surface area contributed by atoms with Gasteiger partial charge in [0.05, 0.1) is 24.0 Å². The molecule has 0 bridgehead atoms. The van der Waals surface area contributed by atoms with Gasteiger partial charge in [0.15, 0.2) is 0 Å². The fourth-order valence-electron chi connectivity index (χ4n) is 4.13. The number of aromatic nitrogens is 3. The molecule has 0 radical (unpaired) electrons. The van der Waals surface area contributed by atoms with Gasteiger partial charge in [-0.15, -0.1) is 0 Å². The molecule has 150 valence electrons. The smallest absolute Gasteiger partial charge is 0.257 e. The quantitative estimate of drug-likeness (QED) is 0.791. The largest absolute Gasteiger partial charge is 0.375 e. The molecule has 1 amide bonds. The molecule has 7 nitrogen and oxygen atoms in total. The van der Waals surface area contributed by atoms with Crippen molar-refractivity contribution in [1.82, 2.24) is 24.6 Å². The highest BCUT2D eigenvalue weighted by Gasteiger charge is 2.28. The van der Waals surface area contributed by atoms with Crippen LogP contribution in [-0.2, 0) is 18.3 Å². The summed E-state index contributed by atoms with van der Waals surface area (Å²) in [7, 11) is 1.83. The van der Waals surface area contributed by atoms with Gasteiger partial charge < -0.3 is 9.64 Å². The van der Waals surface area contributed by atoms with E-state index in [2.05, 4.69) is 21.0 Å². The second-order valence-electron chi connectivity index (χ2n) is 7.87. The van der Waals surface area contributed by atoms with Gasteiger partial charge in [0.25, 0.3) is 5.91 Å². The van der Waals surface area contributed by atoms with Crippen LogP contribution in [0.1, 0.15) is 41.6 Å². The molecule has 2 aromatic heterocycles. The summed E-state index contributed by atoms with van der Waals surface area (Å²) in [6, 6.07) is 4.13. The fourth-order valence-corrected chi connectivity index (χ4v) is 4.13. The van der Waals surface area contributed by atoms with Gasteiger partial charge in [-0.1, -0.05) is 6.07 Å². The normalized spacial score (nSPS) is 19.8. The van der Waals surface area contributed by atoms with E-state index in [1.165, 1.54) is 5.56 Å². The number of rotatable bonds is 5. The van der Waals surface area contributed by atoms with Crippen LogP contribution in [0.25, 0.3) is 0 Å². The van der Waals surface area contributed by atoms with Crippen molar-refractivity contribution < 1.29 is 9.53 Å². The van der Waals surface area contributed by atoms with E-state index >= 15 is 0 Å². The van der Waals surface area contributed by atoms with Crippen LogP contribution in [0.2, 0.25) is 0 Å². The summed E-state index contributed by atoms with van der Waals surface area (Å²) >= 11 is 0. The Morgan fingerprint density at radius 2 is 1.82 bits per heavy atom. The number of amides is 1. The first-order chi connectivity index (χ1) is 13.7. The summed E-state index contributed by atoms with van der Waals surface area (Å²) in [5.41, 5.74) is 1.94. The van der Waals surface area contributed by atoms with E-state index in [9.17, 15) is 4.79 Å². The maximum Gasteiger partial charge on any atom is 0.257 e. The van der Waals surface area contributed by atoms with Gasteiger partial charge in [0, 0.05) is 58.4 Å². The number of likely N-dealkylation sites (tertiary alicyclic amines) is 2. The van der Waals surface area contributed by atoms with E-state index in [1.54, 1.807) is 17.1 Å². The number of piperidine rings is 2. The molecule has 0 N–H and O–H groups in total. The van der Waals surface area contributed by atoms with Crippen molar-refractivity contribution in [3.63, 3.8) is 0 Å². The van der Waals surface area contributed by atoms with Gasteiger partial charge in [-0.05, 0) is 37.3 Å². The second-order valence-corrected chi connectivity index (χ2v) is 7.87. The van der Waals surface area contributed by atoms with E-state index in [1.807, 2.05) is 30.4 Å². The minimum absolute atomic E-state index is 0.0789. The molecule has 7 heteroatoms. The topological polar surface area (TPSA) is 63.5 Å². The van der Waals surface area contributed by atoms with Crippen molar-refractivity contribution in [3.05, 3.63) is 48.0 Å². The van der Waals surface area contributed by atoms with Crippen LogP contribution >= 0.6 is 0 Å². The van der Waals surface area contributed by atoms with Crippen LogP contribution in [0.4, 0.5) is 0 Å². The number of nitrogens with zero attached hydrogens (tertiary/aromatic N) is 5. The average Bonchev–Trinajstić information content (AvgIpc) is 3.17. The van der Waals surface area contributed by atoms with E-state index < -0.39 is 0 Å². The van der Waals surface area contributed by atoms with Gasteiger partial charge in [0.1, 0.15) is 0 Å². The lowest BCUT2D eigenvalue weighted by atomic mass is 10.0. The van der Waals surface area contributed by atoms with Gasteiger partial charge in [0.2, 0.25) is 0 Å². The molecule has 4 rings (SSSR count). The zero-order valence-corrected chi connectivity index (χ0v) is 16.5. The maximum atomic E-state index is 12.5. The Morgan fingerprint density at radius 3 is 2.43 bits per heavy atom. The van der Waals surface area contributed by atoms with E-state index in [0.29, 0.717) is 11.7 Å². The van der Waals surface area contributed by atoms with Gasteiger partial charge in [-0.2, -0.15) is 5.10 Å². The highest BCUT2D eigenvalue weighted by atomic mass is 16.5. The Labute approximate surface area is 166 Å². The summed E-state index contributed by atoms with van der Waals surface area (Å²) in [5, 5.41) is 4.09. The van der Waals surface area contributed by atoms with Crippen LogP contribution in [0.5, 0.6) is 0 Å². The Morgan fingerprint density at radius 1 is 1.11 bits per heavy atom. The van der Waals surface area contributed by atoms with Crippen LogP contribution < -0.4 is 0 Å². The Hall–Kier alpha value is -2.25. The molecule has 0 spiro atoms. The molecule has 0 saturated carbocycles. The number of pyridine rings is 1. The van der Waals surface area contributed by atoms with Crippen molar-refractivity contribution in [1.29, 1.82) is 0 Å². The molecular weight excluding hydrogens is 354 g/mol. The first kappa shape index (κ1) is 19.1. The number of carbonyl (C=O) groups excluding carboxylic acids is 1. The maximum absolute atomic E-state index is 12.5. The van der Waals surface area contributed by atoms with Crippen molar-refractivity contribution in [3.8, 4) is 0 Å². The summed E-state index contributed by atoms with van der Waals surface area (Å²) < 4.78 is 8.05. The summed E-state index contributed by atoms with van der Waals surface area (Å²) in [6.07, 6.45) is 11.8. The van der Waals surface area contributed by atoms with Crippen molar-refractivity contribution >= 4 is 5.91 Å². The molecule has 2 aromatic rings. The molecule has 28 heavy (non-hydrogen) atoms. The first-order valence-corrected chi connectivity index (χ1v) is 10.2. The summed E-state index contributed by atoms with van der Waals surface area (Å²) in [4.78, 5) is 21.1. The summed E-state index contributed by atoms with van der Waals surface area (Å²) in [5.74, 6) is 0.0789. The number of ether oxygens (including phenoxy) is 1. The zero-order valence-electron chi connectivity index (χ0n) is 16.5. The number of aryl methyl sites for hydroxylation is 1. The second kappa shape index (κ2) is 8.84. The molecule has 2 aliphatic rings. The SMILES string of the molecule is Cn1cc(C(=O)N2CCC(OC3CCN(Cc4cccnc4)CC3)CC2)cn1. The molecule has 0 aromatic carbocycles. The molecule has 2 saturated heterocycles. The van der Waals surface area contributed by atoms with Gasteiger partial charge in [-0.3, -0.25) is 19.4 Å². The number of hydrogen-bond acceptors (Lipinski definition) is 5. The molecule has 0 aliphatic carbocycles. The van der Waals surface area contributed by atoms with Crippen molar-refractivity contribution in [2.75, 3.05) is 26.2 Å². The minimum atomic E-state index is 0.0789. The van der Waals surface area contributed by atoms with E-state index in [-0.39, 0.29) is 12.0 Å². The third-order valence-corrected chi connectivity index (χ3v) is 5.73. The average molecular weight is 383 g/mol. The van der Waals surface area contributed by atoms with Crippen molar-refractivity contribution in [2.24, 2.45) is 7.05 Å². The summed E-state index contributed by atoms with van der Waals surface area (Å²) in [6.45, 7) is 4.63. The molecule has 2 aliphatic heterocycles. The van der Waals surface area contributed by atoms with Crippen molar-refractivity contribution in [2.45, 2.75) is 44.4 Å². The highest BCUT2D eigenvalue weighted by Crippen LogP contribution is 2.22. The Balaban J connectivity index is 1.18. The van der Waals surface area contributed by atoms with E-state index in [4.69, 9.17) is 4.74 Å². The Bertz CT molecular complexity index is 762. The van der Waals surface area contributed by atoms with Crippen LogP contribution in [0.3, 0.4) is 0 Å².